The lowest BCUT2D eigenvalue weighted by Gasteiger charge is -2.17. The first-order valence-corrected chi connectivity index (χ1v) is 7.82. The molecule has 1 atom stereocenters. The Morgan fingerprint density at radius 3 is 2.86 bits per heavy atom. The zero-order chi connectivity index (χ0) is 14.8. The van der Waals surface area contributed by atoms with Gasteiger partial charge in [-0.15, -0.1) is 0 Å². The molecule has 0 bridgehead atoms. The van der Waals surface area contributed by atoms with Crippen LogP contribution in [0.1, 0.15) is 29.7 Å². The van der Waals surface area contributed by atoms with Crippen molar-refractivity contribution >= 4 is 23.2 Å². The maximum absolute atomic E-state index is 6.23. The van der Waals surface area contributed by atoms with Crippen molar-refractivity contribution in [2.75, 3.05) is 6.61 Å². The van der Waals surface area contributed by atoms with E-state index in [-0.39, 0.29) is 6.04 Å². The number of fused-ring (bicyclic) bond motifs is 1. The van der Waals surface area contributed by atoms with E-state index in [2.05, 4.69) is 12.2 Å². The summed E-state index contributed by atoms with van der Waals surface area (Å²) in [7, 11) is 0. The normalized spacial score (nSPS) is 14.6. The van der Waals surface area contributed by atoms with Gasteiger partial charge in [0, 0.05) is 34.6 Å². The van der Waals surface area contributed by atoms with Crippen LogP contribution < -0.4 is 10.1 Å². The molecule has 0 fully saturated rings. The van der Waals surface area contributed by atoms with E-state index in [4.69, 9.17) is 27.9 Å². The molecule has 1 aliphatic heterocycles. The predicted octanol–water partition coefficient (Wildman–Crippen LogP) is 4.78. The third-order valence-electron chi connectivity index (χ3n) is 3.80. The van der Waals surface area contributed by atoms with Crippen LogP contribution in [0.15, 0.2) is 36.4 Å². The van der Waals surface area contributed by atoms with Gasteiger partial charge in [-0.25, -0.2) is 0 Å². The van der Waals surface area contributed by atoms with Crippen LogP contribution in [0.2, 0.25) is 10.0 Å². The van der Waals surface area contributed by atoms with Gasteiger partial charge in [-0.2, -0.15) is 0 Å². The van der Waals surface area contributed by atoms with Crippen LogP contribution in [0.25, 0.3) is 0 Å². The Bertz CT molecular complexity index is 657. The van der Waals surface area contributed by atoms with Crippen LogP contribution in [-0.4, -0.2) is 6.61 Å². The van der Waals surface area contributed by atoms with Gasteiger partial charge in [0.15, 0.2) is 0 Å². The Morgan fingerprint density at radius 1 is 1.24 bits per heavy atom. The summed E-state index contributed by atoms with van der Waals surface area (Å²) in [6, 6.07) is 12.0. The molecule has 0 aliphatic carbocycles. The summed E-state index contributed by atoms with van der Waals surface area (Å²) in [5, 5.41) is 5.04. The van der Waals surface area contributed by atoms with Gasteiger partial charge >= 0.3 is 0 Å². The quantitative estimate of drug-likeness (QED) is 0.875. The monoisotopic (exact) mass is 321 g/mol. The Hall–Kier alpha value is -1.22. The van der Waals surface area contributed by atoms with Crippen molar-refractivity contribution in [3.63, 3.8) is 0 Å². The largest absolute Gasteiger partial charge is 0.493 e. The smallest absolute Gasteiger partial charge is 0.127 e. The van der Waals surface area contributed by atoms with Crippen LogP contribution in [0, 0.1) is 0 Å². The number of hydrogen-bond acceptors (Lipinski definition) is 2. The molecule has 2 nitrogen and oxygen atoms in total. The predicted molar refractivity (Wildman–Crippen MR) is 87.4 cm³/mol. The highest BCUT2D eigenvalue weighted by molar-refractivity contribution is 6.31. The van der Waals surface area contributed by atoms with Crippen LogP contribution >= 0.6 is 23.2 Å². The van der Waals surface area contributed by atoms with E-state index in [1.165, 1.54) is 5.56 Å². The van der Waals surface area contributed by atoms with E-state index in [0.717, 1.165) is 39.9 Å². The van der Waals surface area contributed by atoms with Crippen molar-refractivity contribution in [3.8, 4) is 5.75 Å². The van der Waals surface area contributed by atoms with Gasteiger partial charge in [-0.1, -0.05) is 41.4 Å². The second-order valence-corrected chi connectivity index (χ2v) is 6.12. The fourth-order valence-corrected chi connectivity index (χ4v) is 3.24. The van der Waals surface area contributed by atoms with E-state index < -0.39 is 0 Å². The minimum absolute atomic E-state index is 0.162. The van der Waals surface area contributed by atoms with Crippen LogP contribution in [0.4, 0.5) is 0 Å². The van der Waals surface area contributed by atoms with Crippen molar-refractivity contribution in [1.29, 1.82) is 0 Å². The molecule has 0 aromatic heterocycles. The summed E-state index contributed by atoms with van der Waals surface area (Å²) in [4.78, 5) is 0. The van der Waals surface area contributed by atoms with E-state index >= 15 is 0 Å². The van der Waals surface area contributed by atoms with Crippen LogP contribution in [0.3, 0.4) is 0 Å². The molecule has 2 aromatic rings. The molecule has 0 unspecified atom stereocenters. The first kappa shape index (κ1) is 14.7. The summed E-state index contributed by atoms with van der Waals surface area (Å²) in [6.45, 7) is 3.55. The molecular formula is C17H17Cl2NO. The van der Waals surface area contributed by atoms with Gasteiger partial charge in [0.25, 0.3) is 0 Å². The zero-order valence-electron chi connectivity index (χ0n) is 11.8. The highest BCUT2D eigenvalue weighted by Crippen LogP contribution is 2.33. The summed E-state index contributed by atoms with van der Waals surface area (Å²) in [5.41, 5.74) is 3.40. The van der Waals surface area contributed by atoms with E-state index in [0.29, 0.717) is 6.54 Å². The Morgan fingerprint density at radius 2 is 2.05 bits per heavy atom. The average molecular weight is 322 g/mol. The SMILES string of the molecule is C[C@@H](NCc1cc(Cl)cc2c1OCC2)c1ccccc1Cl. The van der Waals surface area contributed by atoms with Crippen LogP contribution in [0.5, 0.6) is 5.75 Å². The Labute approximate surface area is 135 Å². The first-order valence-electron chi connectivity index (χ1n) is 7.07. The first-order chi connectivity index (χ1) is 10.1. The number of hydrogen-bond donors (Lipinski definition) is 1. The van der Waals surface area contributed by atoms with Gasteiger partial charge in [-0.3, -0.25) is 0 Å². The second-order valence-electron chi connectivity index (χ2n) is 5.28. The van der Waals surface area contributed by atoms with Crippen molar-refractivity contribution in [1.82, 2.24) is 5.32 Å². The number of rotatable bonds is 4. The van der Waals surface area contributed by atoms with E-state index in [1.54, 1.807) is 0 Å². The van der Waals surface area contributed by atoms with Crippen molar-refractivity contribution in [2.24, 2.45) is 0 Å². The minimum Gasteiger partial charge on any atom is -0.493 e. The maximum Gasteiger partial charge on any atom is 0.127 e. The van der Waals surface area contributed by atoms with Crippen molar-refractivity contribution < 1.29 is 4.74 Å². The standard InChI is InChI=1S/C17H17Cl2NO/c1-11(15-4-2-3-5-16(15)19)20-10-13-9-14(18)8-12-6-7-21-17(12)13/h2-5,8-9,11,20H,6-7,10H2,1H3/t11-/m1/s1. The molecule has 2 aromatic carbocycles. The summed E-state index contributed by atoms with van der Waals surface area (Å²) >= 11 is 12.4. The third kappa shape index (κ3) is 3.18. The second kappa shape index (κ2) is 6.27. The molecule has 0 saturated heterocycles. The Balaban J connectivity index is 1.75. The molecule has 0 saturated carbocycles. The molecule has 0 spiro atoms. The van der Waals surface area contributed by atoms with Gasteiger partial charge < -0.3 is 10.1 Å². The number of halogens is 2. The summed E-state index contributed by atoms with van der Waals surface area (Å²) < 4.78 is 5.72. The van der Waals surface area contributed by atoms with Crippen molar-refractivity contribution in [2.45, 2.75) is 25.9 Å². The summed E-state index contributed by atoms with van der Waals surface area (Å²) in [5.74, 6) is 0.984. The lowest BCUT2D eigenvalue weighted by Crippen LogP contribution is -2.18. The fourth-order valence-electron chi connectivity index (χ4n) is 2.68. The minimum atomic E-state index is 0.162. The highest BCUT2D eigenvalue weighted by Gasteiger charge is 2.18. The molecule has 21 heavy (non-hydrogen) atoms. The molecular weight excluding hydrogens is 305 g/mol. The molecule has 110 valence electrons. The number of ether oxygens (including phenoxy) is 1. The van der Waals surface area contributed by atoms with Crippen LogP contribution in [-0.2, 0) is 13.0 Å². The topological polar surface area (TPSA) is 21.3 Å². The lowest BCUT2D eigenvalue weighted by molar-refractivity contribution is 0.351. The molecule has 1 heterocycles. The molecule has 1 N–H and O–H groups in total. The third-order valence-corrected chi connectivity index (χ3v) is 4.36. The molecule has 1 aliphatic rings. The van der Waals surface area contributed by atoms with E-state index in [9.17, 15) is 0 Å². The number of nitrogens with one attached hydrogen (secondary N) is 1. The number of benzene rings is 2. The molecule has 3 rings (SSSR count). The molecule has 0 radical (unpaired) electrons. The van der Waals surface area contributed by atoms with Gasteiger partial charge in [0.1, 0.15) is 5.75 Å². The molecule has 0 amide bonds. The lowest BCUT2D eigenvalue weighted by atomic mass is 10.1. The molecule has 4 heteroatoms. The van der Waals surface area contributed by atoms with Gasteiger partial charge in [0.05, 0.1) is 6.61 Å². The maximum atomic E-state index is 6.23. The summed E-state index contributed by atoms with van der Waals surface area (Å²) in [6.07, 6.45) is 0.933. The van der Waals surface area contributed by atoms with Gasteiger partial charge in [0.2, 0.25) is 0 Å². The van der Waals surface area contributed by atoms with Gasteiger partial charge in [-0.05, 0) is 36.2 Å². The van der Waals surface area contributed by atoms with E-state index in [1.807, 2.05) is 36.4 Å². The zero-order valence-corrected chi connectivity index (χ0v) is 13.3. The Kier molecular flexibility index (Phi) is 4.39. The van der Waals surface area contributed by atoms with Crippen molar-refractivity contribution in [3.05, 3.63) is 63.1 Å². The fraction of sp³-hybridized carbons (Fsp3) is 0.294. The average Bonchev–Trinajstić information content (AvgIpc) is 2.93. The highest BCUT2D eigenvalue weighted by atomic mass is 35.5.